The highest BCUT2D eigenvalue weighted by molar-refractivity contribution is 5.93. The van der Waals surface area contributed by atoms with Crippen LogP contribution >= 0.6 is 0 Å². The first-order chi connectivity index (χ1) is 16.8. The van der Waals surface area contributed by atoms with E-state index in [1.165, 1.54) is 29.2 Å². The van der Waals surface area contributed by atoms with E-state index in [0.717, 1.165) is 16.9 Å². The van der Waals surface area contributed by atoms with Gasteiger partial charge in [0.1, 0.15) is 11.4 Å². The Labute approximate surface area is 205 Å². The Kier molecular flexibility index (Phi) is 7.00. The third kappa shape index (κ3) is 5.59. The van der Waals surface area contributed by atoms with E-state index < -0.39 is 5.91 Å². The molecule has 182 valence electrons. The Morgan fingerprint density at radius 3 is 2.40 bits per heavy atom. The third-order valence-corrected chi connectivity index (χ3v) is 6.20. The minimum absolute atomic E-state index is 0.0365. The summed E-state index contributed by atoms with van der Waals surface area (Å²) in [5.41, 5.74) is 6.25. The van der Waals surface area contributed by atoms with Crippen LogP contribution in [0, 0.1) is 0 Å². The van der Waals surface area contributed by atoms with Crippen molar-refractivity contribution in [3.63, 3.8) is 0 Å². The fraction of sp³-hybridized carbons (Fsp3) is 0.333. The fourth-order valence-electron chi connectivity index (χ4n) is 4.11. The molecule has 0 aliphatic carbocycles. The topological polar surface area (TPSA) is 87.7 Å². The van der Waals surface area contributed by atoms with E-state index >= 15 is 0 Å². The number of carbonyl (C=O) groups excluding carboxylic acids is 2. The lowest BCUT2D eigenvalue weighted by atomic mass is 9.86. The highest BCUT2D eigenvalue weighted by Gasteiger charge is 2.39. The van der Waals surface area contributed by atoms with Gasteiger partial charge in [-0.3, -0.25) is 15.2 Å². The number of hydrogen-bond donors (Lipinski definition) is 1. The monoisotopic (exact) mass is 473 g/mol. The van der Waals surface area contributed by atoms with Gasteiger partial charge in [0.25, 0.3) is 5.91 Å². The van der Waals surface area contributed by atoms with Crippen LogP contribution in [0.5, 0.6) is 5.75 Å². The number of hydrazine groups is 1. The highest BCUT2D eigenvalue weighted by Crippen LogP contribution is 2.31. The molecule has 8 nitrogen and oxygen atoms in total. The van der Waals surface area contributed by atoms with E-state index in [2.05, 4.69) is 60.4 Å². The van der Waals surface area contributed by atoms with Gasteiger partial charge in [-0.1, -0.05) is 57.2 Å². The Hall–Kier alpha value is -3.94. The van der Waals surface area contributed by atoms with Crippen LogP contribution in [0.15, 0.2) is 67.1 Å². The number of nitrogens with zero attached hydrogens (tertiary/aromatic N) is 4. The summed E-state index contributed by atoms with van der Waals surface area (Å²) in [6, 6.07) is 15.8. The summed E-state index contributed by atoms with van der Waals surface area (Å²) in [6.45, 7) is 7.36. The van der Waals surface area contributed by atoms with Gasteiger partial charge in [0, 0.05) is 18.9 Å². The van der Waals surface area contributed by atoms with Crippen LogP contribution in [-0.4, -0.2) is 52.0 Å². The summed E-state index contributed by atoms with van der Waals surface area (Å²) in [5, 5.41) is 1.37. The van der Waals surface area contributed by atoms with Gasteiger partial charge in [-0.15, -0.1) is 0 Å². The zero-order valence-corrected chi connectivity index (χ0v) is 20.6. The molecular formula is C27H31N5O3. The van der Waals surface area contributed by atoms with Crippen molar-refractivity contribution >= 4 is 11.9 Å². The molecule has 1 N–H and O–H groups in total. The second-order valence-electron chi connectivity index (χ2n) is 9.60. The number of ether oxygens (including phenoxy) is 1. The number of methoxy groups -OCH3 is 1. The molecule has 0 radical (unpaired) electrons. The van der Waals surface area contributed by atoms with Gasteiger partial charge in [-0.25, -0.2) is 14.8 Å². The van der Waals surface area contributed by atoms with E-state index in [1.54, 1.807) is 7.11 Å². The first kappa shape index (κ1) is 24.2. The molecular weight excluding hydrogens is 442 g/mol. The standard InChI is InChI=1S/C27H31N5O3/c1-27(2,3)21-9-7-20(8-10-21)24-18-32(30-25(33)23-17-28-14-15-29-23)26(34)31(24)16-13-19-5-11-22(35-4)12-6-19/h5-12,14-15,17,24H,13,16,18H2,1-4H3,(H,30,33). The average molecular weight is 474 g/mol. The van der Waals surface area contributed by atoms with Gasteiger partial charge >= 0.3 is 6.03 Å². The van der Waals surface area contributed by atoms with Gasteiger partial charge in [-0.05, 0) is 40.7 Å². The molecule has 0 bridgehead atoms. The number of carbonyl (C=O) groups is 2. The van der Waals surface area contributed by atoms with E-state index in [1.807, 2.05) is 29.2 Å². The van der Waals surface area contributed by atoms with Crippen molar-refractivity contribution in [2.75, 3.05) is 20.2 Å². The van der Waals surface area contributed by atoms with Crippen molar-refractivity contribution in [2.45, 2.75) is 38.6 Å². The molecule has 1 atom stereocenters. The van der Waals surface area contributed by atoms with Crippen molar-refractivity contribution in [3.05, 3.63) is 89.5 Å². The summed E-state index contributed by atoms with van der Waals surface area (Å²) >= 11 is 0. The fourth-order valence-corrected chi connectivity index (χ4v) is 4.11. The van der Waals surface area contributed by atoms with Crippen LogP contribution in [-0.2, 0) is 11.8 Å². The number of hydrogen-bond acceptors (Lipinski definition) is 5. The summed E-state index contributed by atoms with van der Waals surface area (Å²) in [6.07, 6.45) is 5.00. The van der Waals surface area contributed by atoms with Gasteiger partial charge in [0.15, 0.2) is 0 Å². The van der Waals surface area contributed by atoms with Crippen molar-refractivity contribution in [1.29, 1.82) is 0 Å². The first-order valence-electron chi connectivity index (χ1n) is 11.6. The summed E-state index contributed by atoms with van der Waals surface area (Å²) in [7, 11) is 1.64. The van der Waals surface area contributed by atoms with Crippen LogP contribution in [0.3, 0.4) is 0 Å². The summed E-state index contributed by atoms with van der Waals surface area (Å²) < 4.78 is 5.24. The minimum Gasteiger partial charge on any atom is -0.497 e. The predicted molar refractivity (Wildman–Crippen MR) is 133 cm³/mol. The third-order valence-electron chi connectivity index (χ3n) is 6.20. The molecule has 3 aromatic rings. The van der Waals surface area contributed by atoms with Crippen LogP contribution in [0.25, 0.3) is 0 Å². The van der Waals surface area contributed by atoms with Crippen LogP contribution in [0.1, 0.15) is 54.0 Å². The first-order valence-corrected chi connectivity index (χ1v) is 11.6. The zero-order chi connectivity index (χ0) is 25.0. The molecule has 2 aromatic carbocycles. The highest BCUT2D eigenvalue weighted by atomic mass is 16.5. The largest absolute Gasteiger partial charge is 0.497 e. The molecule has 1 aliphatic heterocycles. The molecule has 35 heavy (non-hydrogen) atoms. The van der Waals surface area contributed by atoms with E-state index in [4.69, 9.17) is 4.74 Å². The van der Waals surface area contributed by atoms with Crippen LogP contribution in [0.4, 0.5) is 4.79 Å². The summed E-state index contributed by atoms with van der Waals surface area (Å²) in [5.74, 6) is 0.325. The van der Waals surface area contributed by atoms with Gasteiger partial charge in [-0.2, -0.15) is 0 Å². The van der Waals surface area contributed by atoms with Gasteiger partial charge < -0.3 is 9.64 Å². The lowest BCUT2D eigenvalue weighted by molar-refractivity contribution is 0.0839. The molecule has 1 saturated heterocycles. The number of nitrogens with one attached hydrogen (secondary N) is 1. The molecule has 0 saturated carbocycles. The van der Waals surface area contributed by atoms with E-state index in [-0.39, 0.29) is 23.2 Å². The normalized spacial score (nSPS) is 15.9. The Morgan fingerprint density at radius 2 is 1.80 bits per heavy atom. The predicted octanol–water partition coefficient (Wildman–Crippen LogP) is 4.15. The molecule has 1 unspecified atom stereocenters. The Bertz CT molecular complexity index is 1160. The maximum atomic E-state index is 13.4. The Morgan fingerprint density at radius 1 is 1.09 bits per heavy atom. The molecule has 0 spiro atoms. The van der Waals surface area contributed by atoms with Gasteiger partial charge in [0.05, 0.1) is 25.9 Å². The van der Waals surface area contributed by atoms with Crippen LogP contribution < -0.4 is 10.2 Å². The maximum absolute atomic E-state index is 13.4. The Balaban J connectivity index is 1.55. The zero-order valence-electron chi connectivity index (χ0n) is 20.6. The molecule has 8 heteroatoms. The number of amides is 3. The van der Waals surface area contributed by atoms with Gasteiger partial charge in [0.2, 0.25) is 0 Å². The number of benzene rings is 2. The van der Waals surface area contributed by atoms with Crippen LogP contribution in [0.2, 0.25) is 0 Å². The molecule has 4 rings (SSSR count). The van der Waals surface area contributed by atoms with Crippen molar-refractivity contribution in [1.82, 2.24) is 25.3 Å². The SMILES string of the molecule is COc1ccc(CCN2C(=O)N(NC(=O)c3cnccn3)CC2c2ccc(C(C)(C)C)cc2)cc1. The molecule has 1 fully saturated rings. The second kappa shape index (κ2) is 10.1. The molecule has 3 amide bonds. The minimum atomic E-state index is -0.467. The molecule has 1 aromatic heterocycles. The molecule has 1 aliphatic rings. The van der Waals surface area contributed by atoms with Crippen molar-refractivity contribution in [3.8, 4) is 5.75 Å². The lowest BCUT2D eigenvalue weighted by Crippen LogP contribution is -2.45. The number of aromatic nitrogens is 2. The lowest BCUT2D eigenvalue weighted by Gasteiger charge is -2.25. The second-order valence-corrected chi connectivity index (χ2v) is 9.60. The van der Waals surface area contributed by atoms with Crippen molar-refractivity contribution < 1.29 is 14.3 Å². The number of rotatable bonds is 7. The maximum Gasteiger partial charge on any atom is 0.339 e. The van der Waals surface area contributed by atoms with E-state index in [9.17, 15) is 9.59 Å². The quantitative estimate of drug-likeness (QED) is 0.557. The molecule has 2 heterocycles. The van der Waals surface area contributed by atoms with E-state index in [0.29, 0.717) is 19.5 Å². The smallest absolute Gasteiger partial charge is 0.339 e. The summed E-state index contributed by atoms with van der Waals surface area (Å²) in [4.78, 5) is 35.8. The van der Waals surface area contributed by atoms with Crippen molar-refractivity contribution in [2.24, 2.45) is 0 Å². The average Bonchev–Trinajstić information content (AvgIpc) is 3.18. The number of urea groups is 1.